The summed E-state index contributed by atoms with van der Waals surface area (Å²) in [6.07, 6.45) is -2.99. The summed E-state index contributed by atoms with van der Waals surface area (Å²) in [7, 11) is -4.08. The van der Waals surface area contributed by atoms with Gasteiger partial charge in [-0.25, -0.2) is 8.37 Å². The molecule has 0 aromatic heterocycles. The molecule has 0 amide bonds. The normalized spacial score (nSPS) is 29.6. The van der Waals surface area contributed by atoms with Crippen molar-refractivity contribution in [3.63, 3.8) is 0 Å². The van der Waals surface area contributed by atoms with E-state index in [1.807, 2.05) is 0 Å². The molecule has 0 aromatic carbocycles. The second-order valence-electron chi connectivity index (χ2n) is 4.69. The van der Waals surface area contributed by atoms with Gasteiger partial charge in [0.25, 0.3) is 0 Å². The molecule has 2 fully saturated rings. The van der Waals surface area contributed by atoms with Gasteiger partial charge in [0.15, 0.2) is 6.29 Å². The first-order valence-electron chi connectivity index (χ1n) is 7.06. The van der Waals surface area contributed by atoms with Crippen molar-refractivity contribution in [3.05, 3.63) is 0 Å². The number of hydrogen-bond donors (Lipinski definition) is 0. The zero-order valence-corrected chi connectivity index (χ0v) is 13.4. The van der Waals surface area contributed by atoms with Crippen molar-refractivity contribution in [2.24, 2.45) is 5.92 Å². The lowest BCUT2D eigenvalue weighted by Crippen LogP contribution is -2.55. The van der Waals surface area contributed by atoms with Crippen molar-refractivity contribution in [3.8, 4) is 0 Å². The minimum absolute atomic E-state index is 0.0674. The highest BCUT2D eigenvalue weighted by Crippen LogP contribution is 2.27. The third-order valence-electron chi connectivity index (χ3n) is 3.12. The van der Waals surface area contributed by atoms with Gasteiger partial charge in [-0.2, -0.15) is 8.42 Å². The maximum Gasteiger partial charge on any atom is 0.400 e. The standard InChI is InChI=1S/C12H18O10S/c1-3-17-10(13)9(11(14)18-4-2)12-19-5-8-7(21-12)6-20-23(15,16)22-8/h7-9,12H,3-6H2,1-2H3/t7-,8+,12?/m1/s1. The first-order valence-corrected chi connectivity index (χ1v) is 8.39. The van der Waals surface area contributed by atoms with E-state index in [1.54, 1.807) is 13.8 Å². The van der Waals surface area contributed by atoms with Crippen molar-refractivity contribution in [1.82, 2.24) is 0 Å². The molecule has 2 rings (SSSR count). The fraction of sp³-hybridized carbons (Fsp3) is 0.833. The SMILES string of the molecule is CCOC(=O)C(C(=O)OCC)C1OC[C@@H]2OS(=O)(=O)OC[C@H]2O1. The molecule has 0 aromatic rings. The van der Waals surface area contributed by atoms with Crippen molar-refractivity contribution < 1.29 is 45.3 Å². The van der Waals surface area contributed by atoms with Gasteiger partial charge in [-0.15, -0.1) is 0 Å². The number of hydrogen-bond acceptors (Lipinski definition) is 10. The molecule has 2 aliphatic rings. The van der Waals surface area contributed by atoms with Gasteiger partial charge in [-0.05, 0) is 13.8 Å². The van der Waals surface area contributed by atoms with Crippen LogP contribution < -0.4 is 0 Å². The van der Waals surface area contributed by atoms with E-state index in [2.05, 4.69) is 8.37 Å². The Morgan fingerprint density at radius 3 is 2.26 bits per heavy atom. The molecular weight excluding hydrogens is 336 g/mol. The predicted octanol–water partition coefficient (Wildman–Crippen LogP) is -0.869. The van der Waals surface area contributed by atoms with E-state index in [4.69, 9.17) is 18.9 Å². The molecule has 11 heteroatoms. The van der Waals surface area contributed by atoms with Crippen molar-refractivity contribution >= 4 is 22.3 Å². The van der Waals surface area contributed by atoms with Crippen LogP contribution in [0.2, 0.25) is 0 Å². The lowest BCUT2D eigenvalue weighted by molar-refractivity contribution is -0.277. The Bertz CT molecular complexity index is 526. The average molecular weight is 354 g/mol. The molecular formula is C12H18O10S. The van der Waals surface area contributed by atoms with Gasteiger partial charge in [0.05, 0.1) is 26.4 Å². The molecule has 0 aliphatic carbocycles. The molecule has 1 unspecified atom stereocenters. The molecule has 3 atom stereocenters. The number of ether oxygens (including phenoxy) is 4. The maximum atomic E-state index is 12.0. The van der Waals surface area contributed by atoms with Crippen LogP contribution in [-0.4, -0.2) is 65.3 Å². The Balaban J connectivity index is 2.09. The van der Waals surface area contributed by atoms with Crippen LogP contribution in [0.5, 0.6) is 0 Å². The fourth-order valence-electron chi connectivity index (χ4n) is 2.12. The first-order chi connectivity index (χ1) is 10.9. The van der Waals surface area contributed by atoms with E-state index in [-0.39, 0.29) is 26.4 Å². The molecule has 132 valence electrons. The van der Waals surface area contributed by atoms with Crippen LogP contribution in [0, 0.1) is 5.92 Å². The summed E-state index contributed by atoms with van der Waals surface area (Å²) in [5.41, 5.74) is 0. The highest BCUT2D eigenvalue weighted by atomic mass is 32.3. The van der Waals surface area contributed by atoms with E-state index < -0.39 is 46.8 Å². The topological polar surface area (TPSA) is 124 Å². The molecule has 0 saturated carbocycles. The number of carbonyl (C=O) groups excluding carboxylic acids is 2. The van der Waals surface area contributed by atoms with Gasteiger partial charge in [-0.3, -0.25) is 9.59 Å². The lowest BCUT2D eigenvalue weighted by Gasteiger charge is -2.39. The summed E-state index contributed by atoms with van der Waals surface area (Å²) in [5.74, 6) is -3.13. The zero-order chi connectivity index (χ0) is 17.0. The Hall–Kier alpha value is -1.27. The zero-order valence-electron chi connectivity index (χ0n) is 12.6. The predicted molar refractivity (Wildman–Crippen MR) is 71.1 cm³/mol. The molecule has 10 nitrogen and oxygen atoms in total. The lowest BCUT2D eigenvalue weighted by atomic mass is 10.1. The van der Waals surface area contributed by atoms with Crippen LogP contribution in [0.3, 0.4) is 0 Å². The summed E-state index contributed by atoms with van der Waals surface area (Å²) in [6, 6.07) is 0. The van der Waals surface area contributed by atoms with E-state index >= 15 is 0 Å². The van der Waals surface area contributed by atoms with Gasteiger partial charge in [0, 0.05) is 0 Å². The highest BCUT2D eigenvalue weighted by molar-refractivity contribution is 7.81. The van der Waals surface area contributed by atoms with Crippen LogP contribution >= 0.6 is 0 Å². The fourth-order valence-corrected chi connectivity index (χ4v) is 2.96. The van der Waals surface area contributed by atoms with Crippen LogP contribution in [0.1, 0.15) is 13.8 Å². The Morgan fingerprint density at radius 1 is 1.09 bits per heavy atom. The van der Waals surface area contributed by atoms with Gasteiger partial charge in [0.1, 0.15) is 12.2 Å². The minimum Gasteiger partial charge on any atom is -0.465 e. The number of esters is 2. The molecule has 2 heterocycles. The smallest absolute Gasteiger partial charge is 0.400 e. The van der Waals surface area contributed by atoms with Crippen LogP contribution in [0.4, 0.5) is 0 Å². The summed E-state index contributed by atoms with van der Waals surface area (Å²) in [6.45, 7) is 2.83. The van der Waals surface area contributed by atoms with E-state index in [9.17, 15) is 18.0 Å². The maximum absolute atomic E-state index is 12.0. The molecule has 0 radical (unpaired) electrons. The van der Waals surface area contributed by atoms with E-state index in [0.717, 1.165) is 0 Å². The molecule has 0 spiro atoms. The summed E-state index contributed by atoms with van der Waals surface area (Å²) < 4.78 is 52.0. The second kappa shape index (κ2) is 7.53. The van der Waals surface area contributed by atoms with Crippen LogP contribution in [0.15, 0.2) is 0 Å². The third-order valence-corrected chi connectivity index (χ3v) is 4.03. The van der Waals surface area contributed by atoms with Crippen molar-refractivity contribution in [2.75, 3.05) is 26.4 Å². The molecule has 23 heavy (non-hydrogen) atoms. The minimum atomic E-state index is -4.08. The number of carbonyl (C=O) groups is 2. The summed E-state index contributed by atoms with van der Waals surface area (Å²) in [5, 5.41) is 0. The van der Waals surface area contributed by atoms with E-state index in [1.165, 1.54) is 0 Å². The molecule has 0 bridgehead atoms. The number of rotatable bonds is 5. The van der Waals surface area contributed by atoms with Gasteiger partial charge in [-0.1, -0.05) is 0 Å². The third kappa shape index (κ3) is 4.38. The van der Waals surface area contributed by atoms with Gasteiger partial charge >= 0.3 is 22.3 Å². The second-order valence-corrected chi connectivity index (χ2v) is 5.93. The molecule has 2 saturated heterocycles. The molecule has 0 N–H and O–H groups in total. The Kier molecular flexibility index (Phi) is 5.92. The van der Waals surface area contributed by atoms with Crippen LogP contribution in [0.25, 0.3) is 0 Å². The Morgan fingerprint density at radius 2 is 1.70 bits per heavy atom. The van der Waals surface area contributed by atoms with Gasteiger partial charge < -0.3 is 18.9 Å². The largest absolute Gasteiger partial charge is 0.465 e. The van der Waals surface area contributed by atoms with Gasteiger partial charge in [0.2, 0.25) is 5.92 Å². The summed E-state index contributed by atoms with van der Waals surface area (Å²) >= 11 is 0. The Labute approximate surface area is 133 Å². The van der Waals surface area contributed by atoms with Crippen molar-refractivity contribution in [2.45, 2.75) is 32.3 Å². The quantitative estimate of drug-likeness (QED) is 0.454. The molecule has 2 aliphatic heterocycles. The average Bonchev–Trinajstić information content (AvgIpc) is 2.47. The monoisotopic (exact) mass is 354 g/mol. The van der Waals surface area contributed by atoms with Crippen LogP contribution in [-0.2, 0) is 47.3 Å². The highest BCUT2D eigenvalue weighted by Gasteiger charge is 2.48. The van der Waals surface area contributed by atoms with E-state index in [0.29, 0.717) is 0 Å². The summed E-state index contributed by atoms with van der Waals surface area (Å²) in [4.78, 5) is 24.0. The van der Waals surface area contributed by atoms with Crippen molar-refractivity contribution in [1.29, 1.82) is 0 Å². The first kappa shape index (κ1) is 18.1. The number of fused-ring (bicyclic) bond motifs is 1.